The first-order valence-electron chi connectivity index (χ1n) is 5.59. The highest BCUT2D eigenvalue weighted by atomic mass is 35.5. The number of halogens is 1. The zero-order valence-corrected chi connectivity index (χ0v) is 10.9. The van der Waals surface area contributed by atoms with E-state index in [1.54, 1.807) is 13.3 Å². The van der Waals surface area contributed by atoms with Crippen LogP contribution in [0.1, 0.15) is 11.1 Å². The fourth-order valence-electron chi connectivity index (χ4n) is 1.57. The Balaban J connectivity index is 2.06. The molecule has 0 spiro atoms. The number of ether oxygens (including phenoxy) is 2. The van der Waals surface area contributed by atoms with Crippen molar-refractivity contribution in [2.45, 2.75) is 12.5 Å². The summed E-state index contributed by atoms with van der Waals surface area (Å²) in [5.74, 6) is 1.78. The quantitative estimate of drug-likeness (QED) is 0.775. The first kappa shape index (κ1) is 12.7. The molecule has 0 aliphatic carbocycles. The van der Waals surface area contributed by atoms with E-state index in [-0.39, 0.29) is 0 Å². The van der Waals surface area contributed by atoms with Gasteiger partial charge in [-0.05, 0) is 23.8 Å². The Morgan fingerprint density at radius 2 is 2.11 bits per heavy atom. The minimum Gasteiger partial charge on any atom is -0.497 e. The number of hydrogen-bond acceptors (Lipinski definition) is 3. The summed E-state index contributed by atoms with van der Waals surface area (Å²) in [4.78, 5) is 4.17. The molecule has 0 aliphatic heterocycles. The SMILES string of the molecule is COc1cccc(COc2ncccc2CCl)c1. The minimum absolute atomic E-state index is 0.390. The molecule has 94 valence electrons. The summed E-state index contributed by atoms with van der Waals surface area (Å²) in [6.45, 7) is 0.443. The van der Waals surface area contributed by atoms with Gasteiger partial charge in [0.05, 0.1) is 13.0 Å². The van der Waals surface area contributed by atoms with Gasteiger partial charge in [-0.2, -0.15) is 0 Å². The van der Waals surface area contributed by atoms with Crippen LogP contribution >= 0.6 is 11.6 Å². The summed E-state index contributed by atoms with van der Waals surface area (Å²) in [5.41, 5.74) is 1.92. The molecule has 3 nitrogen and oxygen atoms in total. The zero-order valence-electron chi connectivity index (χ0n) is 10.1. The van der Waals surface area contributed by atoms with E-state index in [4.69, 9.17) is 21.1 Å². The number of alkyl halides is 1. The zero-order chi connectivity index (χ0) is 12.8. The van der Waals surface area contributed by atoms with Gasteiger partial charge in [0.15, 0.2) is 0 Å². The predicted octanol–water partition coefficient (Wildman–Crippen LogP) is 3.41. The smallest absolute Gasteiger partial charge is 0.218 e. The lowest BCUT2D eigenvalue weighted by Gasteiger charge is -2.09. The van der Waals surface area contributed by atoms with Crippen molar-refractivity contribution < 1.29 is 9.47 Å². The van der Waals surface area contributed by atoms with E-state index < -0.39 is 0 Å². The summed E-state index contributed by atoms with van der Waals surface area (Å²) in [6, 6.07) is 11.5. The molecule has 0 amide bonds. The lowest BCUT2D eigenvalue weighted by molar-refractivity contribution is 0.290. The molecular formula is C14H14ClNO2. The molecule has 2 aromatic rings. The van der Waals surface area contributed by atoms with Crippen LogP contribution in [0.3, 0.4) is 0 Å². The van der Waals surface area contributed by atoms with Crippen LogP contribution in [-0.4, -0.2) is 12.1 Å². The molecule has 1 heterocycles. The summed E-state index contributed by atoms with van der Waals surface area (Å²) in [6.07, 6.45) is 1.69. The first-order valence-corrected chi connectivity index (χ1v) is 6.12. The van der Waals surface area contributed by atoms with Crippen molar-refractivity contribution in [2.24, 2.45) is 0 Å². The van der Waals surface area contributed by atoms with Gasteiger partial charge < -0.3 is 9.47 Å². The van der Waals surface area contributed by atoms with Gasteiger partial charge in [-0.25, -0.2) is 4.98 Å². The number of rotatable bonds is 5. The highest BCUT2D eigenvalue weighted by Crippen LogP contribution is 2.19. The van der Waals surface area contributed by atoms with Crippen LogP contribution in [0.5, 0.6) is 11.6 Å². The maximum atomic E-state index is 5.82. The van der Waals surface area contributed by atoms with Crippen LogP contribution in [0, 0.1) is 0 Å². The lowest BCUT2D eigenvalue weighted by atomic mass is 10.2. The fourth-order valence-corrected chi connectivity index (χ4v) is 1.77. The Bertz CT molecular complexity index is 517. The van der Waals surface area contributed by atoms with E-state index in [0.29, 0.717) is 18.4 Å². The van der Waals surface area contributed by atoms with E-state index in [1.165, 1.54) is 0 Å². The Hall–Kier alpha value is -1.74. The van der Waals surface area contributed by atoms with Gasteiger partial charge in [-0.3, -0.25) is 0 Å². The average molecular weight is 264 g/mol. The van der Waals surface area contributed by atoms with Gasteiger partial charge in [0, 0.05) is 11.8 Å². The third-order valence-corrected chi connectivity index (χ3v) is 2.79. The number of benzene rings is 1. The van der Waals surface area contributed by atoms with Crippen molar-refractivity contribution >= 4 is 11.6 Å². The largest absolute Gasteiger partial charge is 0.497 e. The van der Waals surface area contributed by atoms with E-state index in [9.17, 15) is 0 Å². The van der Waals surface area contributed by atoms with E-state index in [1.807, 2.05) is 36.4 Å². The molecule has 0 bridgehead atoms. The second kappa shape index (κ2) is 6.26. The van der Waals surface area contributed by atoms with Gasteiger partial charge in [-0.15, -0.1) is 11.6 Å². The molecule has 0 fully saturated rings. The van der Waals surface area contributed by atoms with Crippen LogP contribution in [0.15, 0.2) is 42.6 Å². The molecule has 0 atom stereocenters. The molecule has 2 rings (SSSR count). The molecule has 0 radical (unpaired) electrons. The van der Waals surface area contributed by atoms with Crippen LogP contribution in [-0.2, 0) is 12.5 Å². The Kier molecular flexibility index (Phi) is 4.42. The van der Waals surface area contributed by atoms with Crippen LogP contribution in [0.4, 0.5) is 0 Å². The van der Waals surface area contributed by atoms with Crippen molar-refractivity contribution in [3.63, 3.8) is 0 Å². The third-order valence-electron chi connectivity index (χ3n) is 2.50. The fraction of sp³-hybridized carbons (Fsp3) is 0.214. The molecule has 0 unspecified atom stereocenters. The molecule has 4 heteroatoms. The Morgan fingerprint density at radius 3 is 2.89 bits per heavy atom. The number of methoxy groups -OCH3 is 1. The average Bonchev–Trinajstić information content (AvgIpc) is 2.45. The number of aromatic nitrogens is 1. The molecule has 0 N–H and O–H groups in total. The molecule has 0 saturated heterocycles. The van der Waals surface area contributed by atoms with Gasteiger partial charge in [0.2, 0.25) is 5.88 Å². The van der Waals surface area contributed by atoms with Gasteiger partial charge in [0.25, 0.3) is 0 Å². The maximum Gasteiger partial charge on any atom is 0.218 e. The minimum atomic E-state index is 0.390. The van der Waals surface area contributed by atoms with Crippen LogP contribution in [0.25, 0.3) is 0 Å². The number of hydrogen-bond donors (Lipinski definition) is 0. The maximum absolute atomic E-state index is 5.82. The standard InChI is InChI=1S/C14H14ClNO2/c1-17-13-6-2-4-11(8-13)10-18-14-12(9-15)5-3-7-16-14/h2-8H,9-10H2,1H3. The van der Waals surface area contributed by atoms with Crippen LogP contribution < -0.4 is 9.47 Å². The molecule has 0 aliphatic rings. The van der Waals surface area contributed by atoms with Crippen LogP contribution in [0.2, 0.25) is 0 Å². The van der Waals surface area contributed by atoms with E-state index in [2.05, 4.69) is 4.98 Å². The third kappa shape index (κ3) is 3.14. The highest BCUT2D eigenvalue weighted by molar-refractivity contribution is 6.17. The van der Waals surface area contributed by atoms with E-state index >= 15 is 0 Å². The predicted molar refractivity (Wildman–Crippen MR) is 71.1 cm³/mol. The van der Waals surface area contributed by atoms with Gasteiger partial charge in [0.1, 0.15) is 12.4 Å². The van der Waals surface area contributed by atoms with Gasteiger partial charge >= 0.3 is 0 Å². The topological polar surface area (TPSA) is 31.4 Å². The number of nitrogens with zero attached hydrogens (tertiary/aromatic N) is 1. The first-order chi connectivity index (χ1) is 8.83. The molecule has 1 aromatic heterocycles. The Labute approximate surface area is 111 Å². The summed E-state index contributed by atoms with van der Waals surface area (Å²) in [7, 11) is 1.64. The van der Waals surface area contributed by atoms with Crippen molar-refractivity contribution in [3.05, 3.63) is 53.7 Å². The molecular weight excluding hydrogens is 250 g/mol. The van der Waals surface area contributed by atoms with Crippen molar-refractivity contribution in [1.82, 2.24) is 4.98 Å². The highest BCUT2D eigenvalue weighted by Gasteiger charge is 2.04. The van der Waals surface area contributed by atoms with Crippen molar-refractivity contribution in [1.29, 1.82) is 0 Å². The molecule has 0 saturated carbocycles. The van der Waals surface area contributed by atoms with Crippen molar-refractivity contribution in [3.8, 4) is 11.6 Å². The monoisotopic (exact) mass is 263 g/mol. The van der Waals surface area contributed by atoms with Gasteiger partial charge in [-0.1, -0.05) is 18.2 Å². The summed E-state index contributed by atoms with van der Waals surface area (Å²) >= 11 is 5.82. The number of pyridine rings is 1. The van der Waals surface area contributed by atoms with Crippen molar-refractivity contribution in [2.75, 3.05) is 7.11 Å². The van der Waals surface area contributed by atoms with E-state index in [0.717, 1.165) is 16.9 Å². The lowest BCUT2D eigenvalue weighted by Crippen LogP contribution is -2.00. The second-order valence-electron chi connectivity index (χ2n) is 3.74. The molecule has 1 aromatic carbocycles. The Morgan fingerprint density at radius 1 is 1.22 bits per heavy atom. The summed E-state index contributed by atoms with van der Waals surface area (Å²) in [5, 5.41) is 0. The second-order valence-corrected chi connectivity index (χ2v) is 4.01. The molecule has 18 heavy (non-hydrogen) atoms. The summed E-state index contributed by atoms with van der Waals surface area (Å²) < 4.78 is 10.8. The normalized spacial score (nSPS) is 10.1.